The maximum Gasteiger partial charge on any atom is 0.416 e. The van der Waals surface area contributed by atoms with Gasteiger partial charge >= 0.3 is 55.4 Å². The summed E-state index contributed by atoms with van der Waals surface area (Å²) in [5, 5.41) is 11.1. The fraction of sp³-hybridized carbons (Fsp3) is 0.172. The molecule has 7 aromatic carbocycles. The van der Waals surface area contributed by atoms with Crippen LogP contribution in [0.15, 0.2) is 164 Å². The van der Waals surface area contributed by atoms with Crippen LogP contribution in [0.25, 0.3) is 10.8 Å². The molecule has 464 valence electrons. The van der Waals surface area contributed by atoms with Gasteiger partial charge in [0.15, 0.2) is 17.7 Å². The minimum absolute atomic E-state index is 0.0481. The van der Waals surface area contributed by atoms with Gasteiger partial charge in [-0.1, -0.05) is 109 Å². The minimum atomic E-state index is -6.13. The Bertz CT molecular complexity index is 3510. The maximum absolute atomic E-state index is 14.2. The quantitative estimate of drug-likeness (QED) is 0.0606. The van der Waals surface area contributed by atoms with Crippen LogP contribution in [-0.4, -0.2) is 28.8 Å². The molecule has 0 aliphatic rings. The van der Waals surface area contributed by atoms with Crippen LogP contribution >= 0.6 is 0 Å². The van der Waals surface area contributed by atoms with Gasteiger partial charge in [0.05, 0.1) is 56.5 Å². The number of halogens is 24. The van der Waals surface area contributed by atoms with Gasteiger partial charge in [-0.2, -0.15) is 132 Å². The summed E-state index contributed by atoms with van der Waals surface area (Å²) in [5.41, 5.74) is -28.5. The van der Waals surface area contributed by atoms with E-state index in [4.69, 9.17) is 0 Å². The summed E-state index contributed by atoms with van der Waals surface area (Å²) in [5.74, 6) is -1.34. The minimum Gasteiger partial charge on any atom is -0.478 e. The van der Waals surface area contributed by atoms with Crippen LogP contribution in [0.2, 0.25) is 0 Å². The number of aromatic carboxylic acids is 1. The van der Waals surface area contributed by atoms with Gasteiger partial charge in [-0.25, -0.2) is 4.79 Å². The van der Waals surface area contributed by atoms with Crippen LogP contribution < -0.4 is 26.4 Å². The molecule has 8 rings (SSSR count). The number of hydrogen-bond acceptors (Lipinski definition) is 3. The number of aromatic nitrogens is 1. The lowest BCUT2D eigenvalue weighted by atomic mass is 9.12. The first-order chi connectivity index (χ1) is 40.3. The molecule has 1 N–H and O–H groups in total. The van der Waals surface area contributed by atoms with Crippen molar-refractivity contribution in [1.82, 2.24) is 0 Å². The number of alkyl halides is 24. The van der Waals surface area contributed by atoms with Gasteiger partial charge in [0.25, 0.3) is 0 Å². The second kappa shape index (κ2) is 23.7. The molecule has 0 aliphatic carbocycles. The van der Waals surface area contributed by atoms with Crippen molar-refractivity contribution in [2.24, 2.45) is 0 Å². The number of pyridine rings is 1. The molecular weight excluding hydrogens is 1240 g/mol. The smallest absolute Gasteiger partial charge is 0.416 e. The van der Waals surface area contributed by atoms with Crippen LogP contribution in [0.3, 0.4) is 0 Å². The molecule has 0 aliphatic heterocycles. The van der Waals surface area contributed by atoms with E-state index in [1.165, 1.54) is 12.1 Å². The second-order valence-corrected chi connectivity index (χ2v) is 19.5. The van der Waals surface area contributed by atoms with Gasteiger partial charge in [-0.05, 0) is 47.9 Å². The molecular formula is C58H32BF24NO4. The number of rotatable bonds is 11. The number of carbonyl (C=O) groups is 3. The highest BCUT2D eigenvalue weighted by molar-refractivity contribution is 7.20. The molecule has 0 spiro atoms. The van der Waals surface area contributed by atoms with E-state index < -0.39 is 201 Å². The molecule has 8 aromatic rings. The lowest BCUT2D eigenvalue weighted by Gasteiger charge is -2.46. The monoisotopic (exact) mass is 1270 g/mol. The van der Waals surface area contributed by atoms with Crippen molar-refractivity contribution in [2.75, 3.05) is 0 Å². The number of benzene rings is 7. The number of carboxylic acid groups (broad SMARTS) is 1. The molecule has 0 saturated carbocycles. The van der Waals surface area contributed by atoms with Crippen molar-refractivity contribution in [3.8, 4) is 0 Å². The predicted octanol–water partition coefficient (Wildman–Crippen LogP) is 15.3. The summed E-state index contributed by atoms with van der Waals surface area (Å²) in [4.78, 5) is 37.1. The van der Waals surface area contributed by atoms with Gasteiger partial charge in [-0.3, -0.25) is 9.59 Å². The third kappa shape index (κ3) is 14.9. The van der Waals surface area contributed by atoms with E-state index in [-0.39, 0.29) is 30.1 Å². The Kier molecular flexibility index (Phi) is 17.9. The predicted molar refractivity (Wildman–Crippen MR) is 266 cm³/mol. The van der Waals surface area contributed by atoms with Gasteiger partial charge in [0.1, 0.15) is 6.15 Å². The zero-order valence-electron chi connectivity index (χ0n) is 43.3. The Hall–Kier alpha value is -8.86. The maximum atomic E-state index is 14.2. The van der Waals surface area contributed by atoms with E-state index in [0.29, 0.717) is 16.8 Å². The first-order valence-corrected chi connectivity index (χ1v) is 24.5. The molecule has 0 amide bonds. The molecule has 1 heterocycles. The molecule has 0 bridgehead atoms. The van der Waals surface area contributed by atoms with Crippen LogP contribution in [0.1, 0.15) is 81.3 Å². The van der Waals surface area contributed by atoms with Gasteiger partial charge in [0, 0.05) is 22.6 Å². The van der Waals surface area contributed by atoms with E-state index in [2.05, 4.69) is 0 Å². The Morgan fingerprint density at radius 3 is 0.977 bits per heavy atom. The Morgan fingerprint density at radius 1 is 0.341 bits per heavy atom. The van der Waals surface area contributed by atoms with Crippen LogP contribution in [-0.2, 0) is 62.4 Å². The number of hydrogen-bond donors (Lipinski definition) is 1. The third-order valence-corrected chi connectivity index (χ3v) is 13.7. The molecule has 30 heteroatoms. The summed E-state index contributed by atoms with van der Waals surface area (Å²) >= 11 is 0. The van der Waals surface area contributed by atoms with Crippen molar-refractivity contribution >= 4 is 56.3 Å². The Labute approximate surface area is 478 Å². The van der Waals surface area contributed by atoms with E-state index in [9.17, 15) is 125 Å². The van der Waals surface area contributed by atoms with Crippen LogP contribution in [0.5, 0.6) is 0 Å². The molecule has 88 heavy (non-hydrogen) atoms. The van der Waals surface area contributed by atoms with Crippen molar-refractivity contribution < 1.29 is 129 Å². The van der Waals surface area contributed by atoms with Crippen molar-refractivity contribution in [2.45, 2.75) is 62.4 Å². The lowest BCUT2D eigenvalue weighted by Crippen LogP contribution is -2.75. The summed E-state index contributed by atoms with van der Waals surface area (Å²) < 4.78 is 343. The van der Waals surface area contributed by atoms with Gasteiger partial charge in [0.2, 0.25) is 12.3 Å². The summed E-state index contributed by atoms with van der Waals surface area (Å²) in [6.07, 6.45) is -52.9. The molecule has 1 aromatic heterocycles. The van der Waals surface area contributed by atoms with Gasteiger partial charge in [-0.15, -0.1) is 0 Å². The molecule has 0 unspecified atom stereocenters. The highest BCUT2D eigenvalue weighted by Crippen LogP contribution is 2.42. The number of nitrogens with zero attached hydrogens (tertiary/aromatic N) is 1. The number of ketones is 2. The number of fused-ring (bicyclic) bond motifs is 1. The topological polar surface area (TPSA) is 75.3 Å². The lowest BCUT2D eigenvalue weighted by molar-refractivity contribution is -0.688. The zero-order valence-corrected chi connectivity index (χ0v) is 43.3. The van der Waals surface area contributed by atoms with Crippen molar-refractivity contribution in [1.29, 1.82) is 0 Å². The Balaban J connectivity index is 0.000000298. The zero-order chi connectivity index (χ0) is 65.7. The highest BCUT2D eigenvalue weighted by atomic mass is 19.4. The van der Waals surface area contributed by atoms with E-state index in [1.807, 2.05) is 54.7 Å². The standard InChI is InChI=1S/C32H12BF24.C26H19NO4/c34-25(35,36)13-1-14(26(37,38)39)6-21(5-13)33(22-7-15(27(40,41)42)2-16(8-22)28(43,44)45,23-9-17(29(46,47)48)3-18(10-23)30(49,50)51)24-11-19(31(52,53)54)4-20(12-24)32(55,56)57;28-24(20-10-6-11-21(15-20)26(30)31)16-23-22-12-5-4-7-18(22)13-14-27(23)17-25(29)19-8-2-1-3-9-19/h1-12H;1-15H,16-17H2/q-1;/p+1. The third-order valence-electron chi connectivity index (χ3n) is 13.7. The number of Topliss-reactive ketones (excluding diaryl/α,β-unsaturated/α-hetero) is 2. The number of carboxylic acids is 1. The van der Waals surface area contributed by atoms with Crippen molar-refractivity contribution in [3.63, 3.8) is 0 Å². The van der Waals surface area contributed by atoms with E-state index in [1.54, 1.807) is 28.8 Å². The van der Waals surface area contributed by atoms with Gasteiger partial charge < -0.3 is 5.11 Å². The average Bonchev–Trinajstić information content (AvgIpc) is 0.734. The molecule has 0 radical (unpaired) electrons. The fourth-order valence-electron chi connectivity index (χ4n) is 9.69. The normalized spacial score (nSPS) is 13.0. The van der Waals surface area contributed by atoms with E-state index >= 15 is 0 Å². The molecule has 0 atom stereocenters. The molecule has 5 nitrogen and oxygen atoms in total. The molecule has 0 fully saturated rings. The highest BCUT2D eigenvalue weighted by Gasteiger charge is 2.47. The summed E-state index contributed by atoms with van der Waals surface area (Å²) in [6, 6.07) is 15.9. The second-order valence-electron chi connectivity index (χ2n) is 19.5. The van der Waals surface area contributed by atoms with Crippen LogP contribution in [0, 0.1) is 0 Å². The van der Waals surface area contributed by atoms with E-state index in [0.717, 1.165) is 10.8 Å². The first-order valence-electron chi connectivity index (χ1n) is 24.5. The number of carbonyl (C=O) groups excluding carboxylic acids is 2. The Morgan fingerprint density at radius 2 is 0.648 bits per heavy atom. The average molecular weight is 1270 g/mol. The fourth-order valence-corrected chi connectivity index (χ4v) is 9.69. The van der Waals surface area contributed by atoms with Crippen molar-refractivity contribution in [3.05, 3.63) is 231 Å². The molecule has 0 saturated heterocycles. The summed E-state index contributed by atoms with van der Waals surface area (Å²) in [7, 11) is 0. The SMILES string of the molecule is FC(F)(F)c1cc([B-](c2cc(C(F)(F)F)cc(C(F)(F)F)c2)(c2cc(C(F)(F)F)cc(C(F)(F)F)c2)c2cc(C(F)(F)F)cc(C(F)(F)F)c2)cc(C(F)(F)F)c1.O=C(O)c1cccc(C(=O)Cc2c3ccccc3cc[n+]2CC(=O)c2ccccc2)c1. The first kappa shape index (κ1) is 66.7. The summed E-state index contributed by atoms with van der Waals surface area (Å²) in [6.45, 7) is 0.104. The largest absolute Gasteiger partial charge is 0.478 e. The van der Waals surface area contributed by atoms with Crippen LogP contribution in [0.4, 0.5) is 105 Å².